The molecule has 1 fully saturated rings. The average molecular weight is 237 g/mol. The number of carbonyl (C=O) groups excluding carboxylic acids is 1. The Morgan fingerprint density at radius 1 is 1.59 bits per heavy atom. The van der Waals surface area contributed by atoms with Gasteiger partial charge >= 0.3 is 5.97 Å². The van der Waals surface area contributed by atoms with Crippen molar-refractivity contribution in [1.29, 1.82) is 0 Å². The summed E-state index contributed by atoms with van der Waals surface area (Å²) in [6, 6.07) is 0.652. The predicted octanol–water partition coefficient (Wildman–Crippen LogP) is 2.13. The van der Waals surface area contributed by atoms with Gasteiger partial charge in [-0.05, 0) is 32.1 Å². The zero-order valence-electron chi connectivity index (χ0n) is 11.2. The maximum Gasteiger partial charge on any atom is 0.310 e. The minimum atomic E-state index is -0.0408. The summed E-state index contributed by atoms with van der Waals surface area (Å²) in [5.74, 6) is 1.05. The van der Waals surface area contributed by atoms with Gasteiger partial charge in [0.1, 0.15) is 0 Å². The van der Waals surface area contributed by atoms with Gasteiger partial charge in [-0.1, -0.05) is 25.5 Å². The van der Waals surface area contributed by atoms with Gasteiger partial charge in [0, 0.05) is 12.1 Å². The van der Waals surface area contributed by atoms with Gasteiger partial charge in [-0.15, -0.1) is 0 Å². The second-order valence-electron chi connectivity index (χ2n) is 5.50. The van der Waals surface area contributed by atoms with Gasteiger partial charge in [0.05, 0.1) is 12.5 Å². The quantitative estimate of drug-likeness (QED) is 0.603. The van der Waals surface area contributed by atoms with Crippen LogP contribution in [0.4, 0.5) is 0 Å². The number of fused-ring (bicyclic) bond motifs is 2. The lowest BCUT2D eigenvalue weighted by Crippen LogP contribution is -2.57. The van der Waals surface area contributed by atoms with Gasteiger partial charge in [-0.25, -0.2) is 0 Å². The van der Waals surface area contributed by atoms with Gasteiger partial charge < -0.3 is 10.1 Å². The number of ether oxygens (including phenoxy) is 1. The Morgan fingerprint density at radius 2 is 2.29 bits per heavy atom. The van der Waals surface area contributed by atoms with E-state index in [0.717, 1.165) is 6.42 Å². The summed E-state index contributed by atoms with van der Waals surface area (Å²) in [4.78, 5) is 11.9. The molecular weight excluding hydrogens is 214 g/mol. The number of rotatable bonds is 3. The highest BCUT2D eigenvalue weighted by atomic mass is 16.5. The number of esters is 1. The Morgan fingerprint density at radius 3 is 2.82 bits per heavy atom. The minimum Gasteiger partial charge on any atom is -0.466 e. The highest BCUT2D eigenvalue weighted by Crippen LogP contribution is 2.40. The topological polar surface area (TPSA) is 38.3 Å². The summed E-state index contributed by atoms with van der Waals surface area (Å²) < 4.78 is 5.16. The van der Waals surface area contributed by atoms with Crippen LogP contribution >= 0.6 is 0 Å². The molecule has 0 radical (unpaired) electrons. The van der Waals surface area contributed by atoms with Crippen LogP contribution in [0.1, 0.15) is 34.1 Å². The van der Waals surface area contributed by atoms with Crippen molar-refractivity contribution in [3.8, 4) is 0 Å². The molecule has 0 aromatic rings. The van der Waals surface area contributed by atoms with Crippen LogP contribution < -0.4 is 5.32 Å². The smallest absolute Gasteiger partial charge is 0.310 e. The summed E-state index contributed by atoms with van der Waals surface area (Å²) in [5.41, 5.74) is 1.52. The number of nitrogens with one attached hydrogen (secondary N) is 1. The van der Waals surface area contributed by atoms with Crippen LogP contribution in [-0.4, -0.2) is 24.7 Å². The van der Waals surface area contributed by atoms with E-state index in [1.165, 1.54) is 5.57 Å². The molecule has 0 amide bonds. The third kappa shape index (κ3) is 2.25. The standard InChI is InChI=1S/C14H23NO2/c1-5-17-14(16)12-6-11-9(4)15-13(12)7-10(11)8(2)3/h7-9,11-13,15H,5-6H2,1-4H3. The van der Waals surface area contributed by atoms with Crippen LogP contribution in [0.15, 0.2) is 11.6 Å². The number of carbonyl (C=O) groups is 1. The maximum atomic E-state index is 11.9. The normalized spacial score (nSPS) is 35.9. The first kappa shape index (κ1) is 12.6. The fraction of sp³-hybridized carbons (Fsp3) is 0.786. The Hall–Kier alpha value is -0.830. The highest BCUT2D eigenvalue weighted by molar-refractivity contribution is 5.74. The van der Waals surface area contributed by atoms with Crippen LogP contribution in [-0.2, 0) is 9.53 Å². The molecule has 0 spiro atoms. The van der Waals surface area contributed by atoms with Crippen molar-refractivity contribution in [1.82, 2.24) is 5.32 Å². The molecule has 0 saturated carbocycles. The predicted molar refractivity (Wildman–Crippen MR) is 67.5 cm³/mol. The molecule has 3 rings (SSSR count). The van der Waals surface area contributed by atoms with E-state index in [9.17, 15) is 4.79 Å². The molecule has 96 valence electrons. The lowest BCUT2D eigenvalue weighted by molar-refractivity contribution is -0.150. The zero-order valence-corrected chi connectivity index (χ0v) is 11.2. The summed E-state index contributed by atoms with van der Waals surface area (Å²) in [6.45, 7) is 9.03. The molecule has 1 aliphatic carbocycles. The third-order valence-corrected chi connectivity index (χ3v) is 4.06. The van der Waals surface area contributed by atoms with E-state index in [2.05, 4.69) is 32.2 Å². The van der Waals surface area contributed by atoms with Crippen molar-refractivity contribution in [3.05, 3.63) is 11.6 Å². The maximum absolute atomic E-state index is 11.9. The number of hydrogen-bond donors (Lipinski definition) is 1. The van der Waals surface area contributed by atoms with Crippen LogP contribution in [0.3, 0.4) is 0 Å². The van der Waals surface area contributed by atoms with Crippen molar-refractivity contribution in [2.75, 3.05) is 6.61 Å². The van der Waals surface area contributed by atoms with Crippen molar-refractivity contribution in [2.45, 2.75) is 46.2 Å². The number of piperidine rings is 1. The van der Waals surface area contributed by atoms with Crippen molar-refractivity contribution in [2.24, 2.45) is 17.8 Å². The summed E-state index contributed by atoms with van der Waals surface area (Å²) >= 11 is 0. The zero-order chi connectivity index (χ0) is 12.6. The summed E-state index contributed by atoms with van der Waals surface area (Å²) in [7, 11) is 0. The van der Waals surface area contributed by atoms with E-state index in [4.69, 9.17) is 4.74 Å². The molecule has 3 aliphatic rings. The monoisotopic (exact) mass is 237 g/mol. The van der Waals surface area contributed by atoms with Crippen molar-refractivity contribution in [3.63, 3.8) is 0 Å². The van der Waals surface area contributed by atoms with E-state index in [1.807, 2.05) is 6.92 Å². The van der Waals surface area contributed by atoms with Gasteiger partial charge in [0.15, 0.2) is 0 Å². The summed E-state index contributed by atoms with van der Waals surface area (Å²) in [6.07, 6.45) is 3.21. The molecule has 1 saturated heterocycles. The summed E-state index contributed by atoms with van der Waals surface area (Å²) in [5, 5.41) is 3.51. The first-order valence-electron chi connectivity index (χ1n) is 6.68. The van der Waals surface area contributed by atoms with Gasteiger partial charge in [-0.2, -0.15) is 0 Å². The molecule has 4 atom stereocenters. The molecule has 2 heterocycles. The fourth-order valence-electron chi connectivity index (χ4n) is 3.19. The molecule has 3 heteroatoms. The molecule has 3 nitrogen and oxygen atoms in total. The van der Waals surface area contributed by atoms with E-state index in [-0.39, 0.29) is 17.9 Å². The molecule has 17 heavy (non-hydrogen) atoms. The molecule has 1 N–H and O–H groups in total. The van der Waals surface area contributed by atoms with Crippen LogP contribution in [0, 0.1) is 17.8 Å². The van der Waals surface area contributed by atoms with Crippen molar-refractivity contribution < 1.29 is 9.53 Å². The minimum absolute atomic E-state index is 0.0126. The lowest BCUT2D eigenvalue weighted by Gasteiger charge is -2.46. The molecular formula is C14H23NO2. The molecule has 0 aromatic carbocycles. The molecule has 4 unspecified atom stereocenters. The van der Waals surface area contributed by atoms with E-state index in [1.54, 1.807) is 0 Å². The van der Waals surface area contributed by atoms with Crippen molar-refractivity contribution >= 4 is 5.97 Å². The fourth-order valence-corrected chi connectivity index (χ4v) is 3.19. The second kappa shape index (κ2) is 4.81. The van der Waals surface area contributed by atoms with Crippen LogP contribution in [0.5, 0.6) is 0 Å². The number of hydrogen-bond acceptors (Lipinski definition) is 3. The first-order chi connectivity index (χ1) is 8.04. The molecule has 2 bridgehead atoms. The lowest BCUT2D eigenvalue weighted by atomic mass is 9.68. The Kier molecular flexibility index (Phi) is 3.57. The third-order valence-electron chi connectivity index (χ3n) is 4.06. The molecule has 0 aromatic heterocycles. The Balaban J connectivity index is 2.17. The first-order valence-corrected chi connectivity index (χ1v) is 6.68. The van der Waals surface area contributed by atoms with E-state index >= 15 is 0 Å². The Labute approximate surface area is 104 Å². The van der Waals surface area contributed by atoms with Gasteiger partial charge in [0.2, 0.25) is 0 Å². The van der Waals surface area contributed by atoms with Crippen LogP contribution in [0.25, 0.3) is 0 Å². The average Bonchev–Trinajstić information content (AvgIpc) is 2.28. The SMILES string of the molecule is CCOC(=O)C1CC2C(C(C)C)=CC1NC2C. The van der Waals surface area contributed by atoms with E-state index < -0.39 is 0 Å². The largest absolute Gasteiger partial charge is 0.466 e. The Bertz CT molecular complexity index is 335. The highest BCUT2D eigenvalue weighted by Gasteiger charge is 2.44. The van der Waals surface area contributed by atoms with Crippen LogP contribution in [0.2, 0.25) is 0 Å². The van der Waals surface area contributed by atoms with E-state index in [0.29, 0.717) is 24.5 Å². The molecule has 2 aliphatic heterocycles. The van der Waals surface area contributed by atoms with Gasteiger partial charge in [-0.3, -0.25) is 4.79 Å². The van der Waals surface area contributed by atoms with Gasteiger partial charge in [0.25, 0.3) is 0 Å². The second-order valence-corrected chi connectivity index (χ2v) is 5.50.